The molecule has 2 atom stereocenters. The van der Waals surface area contributed by atoms with Crippen molar-refractivity contribution in [2.45, 2.75) is 34.7 Å². The van der Waals surface area contributed by atoms with Gasteiger partial charge < -0.3 is 9.63 Å². The average Bonchev–Trinajstić information content (AvgIpc) is 3.12. The number of alkyl halides is 3. The van der Waals surface area contributed by atoms with Crippen molar-refractivity contribution in [1.82, 2.24) is 14.9 Å². The highest BCUT2D eigenvalue weighted by molar-refractivity contribution is 7.91. The molecule has 3 aromatic heterocycles. The lowest BCUT2D eigenvalue weighted by Crippen LogP contribution is -2.47. The molecule has 1 aliphatic rings. The lowest BCUT2D eigenvalue weighted by Gasteiger charge is -2.20. The molecular formula is C18H14F3N3O5S2. The lowest BCUT2D eigenvalue weighted by atomic mass is 9.94. The van der Waals surface area contributed by atoms with E-state index in [1.807, 2.05) is 0 Å². The minimum atomic E-state index is -4.73. The second-order valence-electron chi connectivity index (χ2n) is 7.26. The molecule has 3 aromatic rings. The van der Waals surface area contributed by atoms with Crippen LogP contribution in [0.5, 0.6) is 0 Å². The molecular weight excluding hydrogens is 459 g/mol. The van der Waals surface area contributed by atoms with E-state index in [0.717, 1.165) is 0 Å². The van der Waals surface area contributed by atoms with Crippen LogP contribution in [0.15, 0.2) is 51.5 Å². The largest absolute Gasteiger partial charge is 0.480 e. The van der Waals surface area contributed by atoms with E-state index in [1.165, 1.54) is 24.5 Å². The molecule has 0 bridgehead atoms. The molecule has 13 heteroatoms. The van der Waals surface area contributed by atoms with Crippen molar-refractivity contribution in [2.75, 3.05) is 0 Å². The van der Waals surface area contributed by atoms with Gasteiger partial charge in [-0.05, 0) is 30.2 Å². The molecule has 0 radical (unpaired) electrons. The Morgan fingerprint density at radius 3 is 2.65 bits per heavy atom. The van der Waals surface area contributed by atoms with Crippen molar-refractivity contribution in [1.29, 1.82) is 0 Å². The van der Waals surface area contributed by atoms with E-state index in [2.05, 4.69) is 19.4 Å². The minimum absolute atomic E-state index is 0.0106. The number of hydrogen-bond donors (Lipinski definition) is 2. The normalized spacial score (nSPS) is 23.6. The number of pyridine rings is 1. The molecule has 0 aliphatic heterocycles. The zero-order chi connectivity index (χ0) is 22.7. The van der Waals surface area contributed by atoms with Gasteiger partial charge in [0.15, 0.2) is 0 Å². The smallest absolute Gasteiger partial charge is 0.452 e. The van der Waals surface area contributed by atoms with E-state index >= 15 is 0 Å². The minimum Gasteiger partial charge on any atom is -0.480 e. The van der Waals surface area contributed by atoms with E-state index < -0.39 is 38.9 Å². The number of hydrogen-bond acceptors (Lipinski definition) is 7. The van der Waals surface area contributed by atoms with E-state index in [1.54, 1.807) is 19.1 Å². The zero-order valence-corrected chi connectivity index (χ0v) is 17.3. The van der Waals surface area contributed by atoms with Gasteiger partial charge in [0.1, 0.15) is 15.4 Å². The number of nitrogens with zero attached hydrogens (tertiary/aromatic N) is 2. The Bertz CT molecular complexity index is 1260. The van der Waals surface area contributed by atoms with Gasteiger partial charge in [0.05, 0.1) is 4.88 Å². The monoisotopic (exact) mass is 473 g/mol. The molecule has 0 saturated heterocycles. The first-order valence-corrected chi connectivity index (χ1v) is 11.0. The van der Waals surface area contributed by atoms with Crippen LogP contribution in [0.2, 0.25) is 0 Å². The van der Waals surface area contributed by atoms with Crippen molar-refractivity contribution in [3.63, 3.8) is 0 Å². The second-order valence-corrected chi connectivity index (χ2v) is 10.3. The van der Waals surface area contributed by atoms with E-state index in [4.69, 9.17) is 0 Å². The Labute approximate surface area is 177 Å². The van der Waals surface area contributed by atoms with Gasteiger partial charge in [-0.25, -0.2) is 8.42 Å². The van der Waals surface area contributed by atoms with Gasteiger partial charge in [-0.15, -0.1) is 11.3 Å². The van der Waals surface area contributed by atoms with Crippen molar-refractivity contribution < 1.29 is 36.0 Å². The van der Waals surface area contributed by atoms with Crippen LogP contribution in [0.25, 0.3) is 10.6 Å². The van der Waals surface area contributed by atoms with Gasteiger partial charge in [-0.2, -0.15) is 17.9 Å². The first-order chi connectivity index (χ1) is 14.4. The summed E-state index contributed by atoms with van der Waals surface area (Å²) >= 11 is 0.647. The highest BCUT2D eigenvalue weighted by Gasteiger charge is 2.72. The molecule has 1 aliphatic carbocycles. The van der Waals surface area contributed by atoms with Crippen LogP contribution in [0, 0.1) is 0 Å². The Kier molecular flexibility index (Phi) is 4.75. The van der Waals surface area contributed by atoms with Crippen molar-refractivity contribution in [3.05, 3.63) is 54.0 Å². The van der Waals surface area contributed by atoms with Crippen LogP contribution >= 0.6 is 11.3 Å². The Morgan fingerprint density at radius 2 is 2.06 bits per heavy atom. The Balaban J connectivity index is 1.63. The third kappa shape index (κ3) is 3.51. The predicted octanol–water partition coefficient (Wildman–Crippen LogP) is 3.28. The number of rotatable bonds is 6. The average molecular weight is 473 g/mol. The van der Waals surface area contributed by atoms with Crippen molar-refractivity contribution in [2.24, 2.45) is 0 Å². The van der Waals surface area contributed by atoms with E-state index in [0.29, 0.717) is 23.0 Å². The van der Waals surface area contributed by atoms with Crippen LogP contribution < -0.4 is 4.72 Å². The molecule has 4 rings (SSSR count). The van der Waals surface area contributed by atoms with Crippen LogP contribution in [0.1, 0.15) is 24.7 Å². The number of carboxylic acids is 1. The van der Waals surface area contributed by atoms with Gasteiger partial charge in [0.2, 0.25) is 5.76 Å². The molecule has 31 heavy (non-hydrogen) atoms. The Morgan fingerprint density at radius 1 is 1.32 bits per heavy atom. The summed E-state index contributed by atoms with van der Waals surface area (Å²) in [6.45, 7) is 1.62. The summed E-state index contributed by atoms with van der Waals surface area (Å²) in [5, 5.41) is 13.1. The van der Waals surface area contributed by atoms with Crippen molar-refractivity contribution in [3.8, 4) is 10.6 Å². The van der Waals surface area contributed by atoms with Crippen LogP contribution in [0.3, 0.4) is 0 Å². The molecule has 164 valence electrons. The summed E-state index contributed by atoms with van der Waals surface area (Å²) in [6, 6.07) is 6.40. The maximum atomic E-state index is 12.9. The molecule has 3 heterocycles. The summed E-state index contributed by atoms with van der Waals surface area (Å²) in [4.78, 5) is 16.1. The molecule has 0 amide bonds. The first kappa shape index (κ1) is 21.5. The number of nitrogens with one attached hydrogen (secondary N) is 1. The molecule has 1 fully saturated rings. The first-order valence-electron chi connectivity index (χ1n) is 8.71. The maximum absolute atomic E-state index is 12.9. The summed E-state index contributed by atoms with van der Waals surface area (Å²) in [6.07, 6.45) is -1.72. The molecule has 1 saturated carbocycles. The van der Waals surface area contributed by atoms with Gasteiger partial charge in [-0.3, -0.25) is 9.78 Å². The lowest BCUT2D eigenvalue weighted by molar-refractivity contribution is -0.155. The van der Waals surface area contributed by atoms with Crippen molar-refractivity contribution >= 4 is 27.3 Å². The quantitative estimate of drug-likeness (QED) is 0.563. The summed E-state index contributed by atoms with van der Waals surface area (Å²) in [7, 11) is -4.30. The third-order valence-corrected chi connectivity index (χ3v) is 8.39. The summed E-state index contributed by atoms with van der Waals surface area (Å²) in [5.74, 6) is -2.65. The highest BCUT2D eigenvalue weighted by atomic mass is 32.2. The maximum Gasteiger partial charge on any atom is 0.452 e. The zero-order valence-electron chi connectivity index (χ0n) is 15.7. The van der Waals surface area contributed by atoms with Crippen LogP contribution in [0.4, 0.5) is 13.2 Å². The van der Waals surface area contributed by atoms with Gasteiger partial charge in [-0.1, -0.05) is 18.1 Å². The van der Waals surface area contributed by atoms with Crippen LogP contribution in [-0.2, 0) is 26.4 Å². The molecule has 2 N–H and O–H groups in total. The SMILES string of the molecule is CC1(c2cccnc2)CC1(NS(=O)(=O)c1ccc(-c2cc(C(F)(F)F)on2)s1)C(=O)O. The number of halogens is 3. The standard InChI is InChI=1S/C18H14F3N3O5S2/c1-16(10-3-2-6-22-8-10)9-17(16,15(25)26)24-31(27,28)14-5-4-12(30-14)11-7-13(29-23-11)18(19,20)21/h2-8,24H,9H2,1H3,(H,25,26). The number of carboxylic acid groups (broad SMARTS) is 1. The van der Waals surface area contributed by atoms with Gasteiger partial charge in [0.25, 0.3) is 10.0 Å². The summed E-state index contributed by atoms with van der Waals surface area (Å²) in [5.41, 5.74) is -2.42. The summed E-state index contributed by atoms with van der Waals surface area (Å²) < 4.78 is 70.2. The number of carbonyl (C=O) groups is 1. The fourth-order valence-corrected chi connectivity index (χ4v) is 6.15. The van der Waals surface area contributed by atoms with E-state index in [9.17, 15) is 31.5 Å². The third-order valence-electron chi connectivity index (χ3n) is 5.30. The van der Waals surface area contributed by atoms with Gasteiger partial charge in [0, 0.05) is 23.9 Å². The number of sulfonamides is 1. The highest BCUT2D eigenvalue weighted by Crippen LogP contribution is 2.58. The molecule has 0 spiro atoms. The fourth-order valence-electron chi connectivity index (χ4n) is 3.43. The molecule has 2 unspecified atom stereocenters. The molecule has 8 nitrogen and oxygen atoms in total. The number of thiophene rings is 1. The second kappa shape index (κ2) is 6.87. The number of aromatic nitrogens is 2. The van der Waals surface area contributed by atoms with E-state index in [-0.39, 0.29) is 21.2 Å². The number of aliphatic carboxylic acids is 1. The Hall–Kier alpha value is -2.77. The molecule has 0 aromatic carbocycles. The topological polar surface area (TPSA) is 122 Å². The van der Waals surface area contributed by atoms with Gasteiger partial charge >= 0.3 is 12.1 Å². The van der Waals surface area contributed by atoms with Crippen LogP contribution in [-0.4, -0.2) is 35.2 Å². The fraction of sp³-hybridized carbons (Fsp3) is 0.278. The predicted molar refractivity (Wildman–Crippen MR) is 102 cm³/mol.